The third kappa shape index (κ3) is 3.47. The van der Waals surface area contributed by atoms with Crippen molar-refractivity contribution in [3.63, 3.8) is 0 Å². The number of aryl methyl sites for hydroxylation is 2. The number of carbonyl (C=O) groups excluding carboxylic acids is 2. The lowest BCUT2D eigenvalue weighted by molar-refractivity contribution is -0.116. The molecule has 1 heterocycles. The molecule has 0 unspecified atom stereocenters. The van der Waals surface area contributed by atoms with Crippen LogP contribution in [0.15, 0.2) is 42.6 Å². The van der Waals surface area contributed by atoms with E-state index < -0.39 is 5.91 Å². The van der Waals surface area contributed by atoms with E-state index in [9.17, 15) is 9.59 Å². The Balaban J connectivity index is 1.88. The lowest BCUT2D eigenvalue weighted by Crippen LogP contribution is -2.14. The van der Waals surface area contributed by atoms with Crippen molar-refractivity contribution in [1.29, 1.82) is 0 Å². The van der Waals surface area contributed by atoms with Crippen LogP contribution in [0.4, 0.5) is 5.69 Å². The number of nitrogens with zero attached hydrogens (tertiary/aromatic N) is 1. The highest BCUT2D eigenvalue weighted by atomic mass is 16.1. The maximum absolute atomic E-state index is 11.8. The van der Waals surface area contributed by atoms with E-state index in [1.165, 1.54) is 0 Å². The largest absolute Gasteiger partial charge is 0.366 e. The van der Waals surface area contributed by atoms with Gasteiger partial charge >= 0.3 is 0 Å². The van der Waals surface area contributed by atoms with E-state index in [4.69, 9.17) is 5.73 Å². The van der Waals surface area contributed by atoms with E-state index >= 15 is 0 Å². The molecule has 0 fully saturated rings. The van der Waals surface area contributed by atoms with Crippen molar-refractivity contribution in [3.05, 3.63) is 53.9 Å². The topological polar surface area (TPSA) is 77.1 Å². The average molecular weight is 271 g/mol. The summed E-state index contributed by atoms with van der Waals surface area (Å²) in [5, 5.41) is 2.79. The molecule has 0 aliphatic carbocycles. The quantitative estimate of drug-likeness (QED) is 0.868. The number of hydrogen-bond acceptors (Lipinski definition) is 2. The number of hydrogen-bond donors (Lipinski definition) is 2. The molecule has 3 N–H and O–H groups in total. The van der Waals surface area contributed by atoms with Crippen molar-refractivity contribution < 1.29 is 9.59 Å². The van der Waals surface area contributed by atoms with Crippen LogP contribution >= 0.6 is 0 Å². The third-order valence-corrected chi connectivity index (χ3v) is 3.11. The number of nitrogens with two attached hydrogens (primary N) is 1. The third-order valence-electron chi connectivity index (χ3n) is 3.11. The Kier molecular flexibility index (Phi) is 4.20. The van der Waals surface area contributed by atoms with E-state index in [0.717, 1.165) is 5.69 Å². The minimum absolute atomic E-state index is 0.0574. The van der Waals surface area contributed by atoms with Gasteiger partial charge in [0.1, 0.15) is 0 Å². The number of anilines is 1. The summed E-state index contributed by atoms with van der Waals surface area (Å²) in [6.45, 7) is 0. The maximum atomic E-state index is 11.8. The second kappa shape index (κ2) is 6.06. The molecule has 2 aromatic rings. The summed E-state index contributed by atoms with van der Waals surface area (Å²) in [5.74, 6) is -0.537. The first-order chi connectivity index (χ1) is 9.56. The standard InChI is InChI=1S/C15H17N3O2/c1-18-10-2-3-13(18)8-9-14(19)17-12-6-4-11(5-7-12)15(16)20/h2-7,10H,8-9H2,1H3,(H2,16,20)(H,17,19). The monoisotopic (exact) mass is 271 g/mol. The van der Waals surface area contributed by atoms with Gasteiger partial charge in [-0.1, -0.05) is 0 Å². The fourth-order valence-electron chi connectivity index (χ4n) is 1.94. The first-order valence-electron chi connectivity index (χ1n) is 6.36. The Morgan fingerprint density at radius 3 is 2.45 bits per heavy atom. The van der Waals surface area contributed by atoms with Gasteiger partial charge in [0, 0.05) is 36.6 Å². The smallest absolute Gasteiger partial charge is 0.248 e. The number of nitrogens with one attached hydrogen (secondary N) is 1. The summed E-state index contributed by atoms with van der Waals surface area (Å²) < 4.78 is 1.99. The summed E-state index contributed by atoms with van der Waals surface area (Å²) in [5.41, 5.74) is 7.35. The van der Waals surface area contributed by atoms with Crippen LogP contribution in [0.1, 0.15) is 22.5 Å². The molecular formula is C15H17N3O2. The Labute approximate surface area is 117 Å². The molecule has 5 nitrogen and oxygen atoms in total. The van der Waals surface area contributed by atoms with E-state index in [1.807, 2.05) is 29.9 Å². The fraction of sp³-hybridized carbons (Fsp3) is 0.200. The molecule has 20 heavy (non-hydrogen) atoms. The average Bonchev–Trinajstić information content (AvgIpc) is 2.82. The molecule has 0 atom stereocenters. The summed E-state index contributed by atoms with van der Waals surface area (Å²) in [6, 6.07) is 10.5. The fourth-order valence-corrected chi connectivity index (χ4v) is 1.94. The van der Waals surface area contributed by atoms with Gasteiger partial charge in [0.05, 0.1) is 0 Å². The normalized spacial score (nSPS) is 10.2. The molecule has 2 rings (SSSR count). The molecular weight excluding hydrogens is 254 g/mol. The van der Waals surface area contributed by atoms with Gasteiger partial charge in [0.15, 0.2) is 0 Å². The van der Waals surface area contributed by atoms with E-state index in [2.05, 4.69) is 5.32 Å². The highest BCUT2D eigenvalue weighted by Gasteiger charge is 2.06. The molecule has 1 aromatic heterocycles. The number of primary amides is 1. The highest BCUT2D eigenvalue weighted by Crippen LogP contribution is 2.10. The van der Waals surface area contributed by atoms with Gasteiger partial charge in [-0.05, 0) is 42.8 Å². The molecule has 2 amide bonds. The zero-order valence-corrected chi connectivity index (χ0v) is 11.3. The van der Waals surface area contributed by atoms with Gasteiger partial charge < -0.3 is 15.6 Å². The number of benzene rings is 1. The minimum atomic E-state index is -0.480. The van der Waals surface area contributed by atoms with Gasteiger partial charge in [-0.3, -0.25) is 9.59 Å². The zero-order valence-electron chi connectivity index (χ0n) is 11.3. The van der Waals surface area contributed by atoms with Crippen molar-refractivity contribution in [1.82, 2.24) is 4.57 Å². The van der Waals surface area contributed by atoms with Crippen molar-refractivity contribution in [2.24, 2.45) is 12.8 Å². The van der Waals surface area contributed by atoms with Crippen LogP contribution < -0.4 is 11.1 Å². The van der Waals surface area contributed by atoms with Gasteiger partial charge in [-0.25, -0.2) is 0 Å². The summed E-state index contributed by atoms with van der Waals surface area (Å²) >= 11 is 0. The Hall–Kier alpha value is -2.56. The molecule has 5 heteroatoms. The SMILES string of the molecule is Cn1cccc1CCC(=O)Nc1ccc(C(N)=O)cc1. The lowest BCUT2D eigenvalue weighted by atomic mass is 10.2. The molecule has 0 saturated heterocycles. The lowest BCUT2D eigenvalue weighted by Gasteiger charge is -2.06. The first kappa shape index (κ1) is 13.9. The Morgan fingerprint density at radius 2 is 1.90 bits per heavy atom. The summed E-state index contributed by atoms with van der Waals surface area (Å²) in [7, 11) is 1.95. The minimum Gasteiger partial charge on any atom is -0.366 e. The van der Waals surface area contributed by atoms with Crippen LogP contribution in [0.3, 0.4) is 0 Å². The van der Waals surface area contributed by atoms with E-state index in [-0.39, 0.29) is 5.91 Å². The van der Waals surface area contributed by atoms with E-state index in [0.29, 0.717) is 24.1 Å². The van der Waals surface area contributed by atoms with Gasteiger partial charge in [0.2, 0.25) is 11.8 Å². The van der Waals surface area contributed by atoms with Crippen LogP contribution in [0.5, 0.6) is 0 Å². The van der Waals surface area contributed by atoms with Gasteiger partial charge in [-0.2, -0.15) is 0 Å². The van der Waals surface area contributed by atoms with Gasteiger partial charge in [-0.15, -0.1) is 0 Å². The summed E-state index contributed by atoms with van der Waals surface area (Å²) in [6.07, 6.45) is 3.06. The van der Waals surface area contributed by atoms with Crippen LogP contribution in [0.2, 0.25) is 0 Å². The number of carbonyl (C=O) groups is 2. The number of aromatic nitrogens is 1. The molecule has 1 aromatic carbocycles. The van der Waals surface area contributed by atoms with E-state index in [1.54, 1.807) is 24.3 Å². The van der Waals surface area contributed by atoms with Crippen molar-refractivity contribution in [3.8, 4) is 0 Å². The molecule has 0 radical (unpaired) electrons. The molecule has 0 bridgehead atoms. The second-order valence-electron chi connectivity index (χ2n) is 4.60. The number of amides is 2. The van der Waals surface area contributed by atoms with Crippen molar-refractivity contribution >= 4 is 17.5 Å². The van der Waals surface area contributed by atoms with Crippen molar-refractivity contribution in [2.75, 3.05) is 5.32 Å². The van der Waals surface area contributed by atoms with Crippen molar-refractivity contribution in [2.45, 2.75) is 12.8 Å². The van der Waals surface area contributed by atoms with Crippen LogP contribution in [-0.2, 0) is 18.3 Å². The van der Waals surface area contributed by atoms with Gasteiger partial charge in [0.25, 0.3) is 0 Å². The highest BCUT2D eigenvalue weighted by molar-refractivity contribution is 5.94. The first-order valence-corrected chi connectivity index (χ1v) is 6.36. The Morgan fingerprint density at radius 1 is 1.20 bits per heavy atom. The predicted octanol–water partition coefficient (Wildman–Crippen LogP) is 1.70. The maximum Gasteiger partial charge on any atom is 0.248 e. The summed E-state index contributed by atoms with van der Waals surface area (Å²) in [4.78, 5) is 22.8. The Bertz CT molecular complexity index is 614. The second-order valence-corrected chi connectivity index (χ2v) is 4.60. The molecule has 104 valence electrons. The van der Waals surface area contributed by atoms with Crippen LogP contribution in [0, 0.1) is 0 Å². The molecule has 0 aliphatic heterocycles. The number of rotatable bonds is 5. The predicted molar refractivity (Wildman–Crippen MR) is 77.3 cm³/mol. The molecule has 0 spiro atoms. The zero-order chi connectivity index (χ0) is 14.5. The van der Waals surface area contributed by atoms with Crippen LogP contribution in [-0.4, -0.2) is 16.4 Å². The molecule has 0 saturated carbocycles. The molecule has 0 aliphatic rings. The van der Waals surface area contributed by atoms with Crippen LogP contribution in [0.25, 0.3) is 0 Å².